The van der Waals surface area contributed by atoms with Crippen molar-refractivity contribution < 1.29 is 30.5 Å². The number of halogens is 1. The van der Waals surface area contributed by atoms with Gasteiger partial charge in [-0.05, 0) is 66.5 Å². The topological polar surface area (TPSA) is 115 Å². The predicted octanol–water partition coefficient (Wildman–Crippen LogP) is 7.74. The minimum Gasteiger partial charge on any atom is -0.350 e. The van der Waals surface area contributed by atoms with Crippen molar-refractivity contribution in [3.8, 4) is 0 Å². The summed E-state index contributed by atoms with van der Waals surface area (Å²) < 4.78 is 72.5. The molecule has 0 amide bonds. The molecule has 4 aromatic carbocycles. The third kappa shape index (κ3) is 7.69. The maximum absolute atomic E-state index is 12.6. The van der Waals surface area contributed by atoms with Gasteiger partial charge in [0.05, 0.1) is 0 Å². The summed E-state index contributed by atoms with van der Waals surface area (Å²) in [6.07, 6.45) is 7.36. The fourth-order valence-corrected chi connectivity index (χ4v) is 8.43. The van der Waals surface area contributed by atoms with E-state index in [1.165, 1.54) is 0 Å². The summed E-state index contributed by atoms with van der Waals surface area (Å²) in [6, 6.07) is 31.9. The largest absolute Gasteiger partial charge is 0.350 e. The van der Waals surface area contributed by atoms with Crippen molar-refractivity contribution in [3.63, 3.8) is 0 Å². The van der Waals surface area contributed by atoms with E-state index in [-0.39, 0.29) is 0 Å². The molecular formula is C37H36ClN2O6S2+. The van der Waals surface area contributed by atoms with E-state index in [1.807, 2.05) is 56.3 Å². The Morgan fingerprint density at radius 1 is 0.708 bits per heavy atom. The number of hydrogen-bond acceptors (Lipinski definition) is 5. The zero-order valence-corrected chi connectivity index (χ0v) is 28.8. The standard InChI is InChI=1S/C37H35ClN2O6S2/c1-3-39(36(47(41,42)43)29-13-7-5-8-14-29)31-23-19-27(20-24-31)35(33-17-11-12-18-34(33)38)28-21-25-32(26-22-28)40(4-2)37(48(44,45)46)30-15-9-6-10-16-30/h5-26,36-37H,3-4H2,1-2H3,(H-,41,42,43,44,45,46)/p+1/t36-,37+. The van der Waals surface area contributed by atoms with Crippen LogP contribution in [0.25, 0.3) is 5.57 Å². The van der Waals surface area contributed by atoms with Crippen LogP contribution in [-0.2, 0) is 20.2 Å². The van der Waals surface area contributed by atoms with Crippen LogP contribution in [0, 0.1) is 0 Å². The summed E-state index contributed by atoms with van der Waals surface area (Å²) in [5, 5.41) is -2.06. The van der Waals surface area contributed by atoms with Gasteiger partial charge in [-0.2, -0.15) is 16.8 Å². The highest BCUT2D eigenvalue weighted by Gasteiger charge is 2.37. The van der Waals surface area contributed by atoms with Gasteiger partial charge in [0.15, 0.2) is 5.37 Å². The summed E-state index contributed by atoms with van der Waals surface area (Å²) in [5.74, 6) is 0. The molecule has 0 aromatic heterocycles. The fourth-order valence-electron chi connectivity index (χ4n) is 6.01. The Hall–Kier alpha value is -4.32. The summed E-state index contributed by atoms with van der Waals surface area (Å²) in [7, 11) is -8.99. The minimum absolute atomic E-state index is 0.308. The van der Waals surface area contributed by atoms with Crippen LogP contribution in [0.15, 0.2) is 139 Å². The smallest absolute Gasteiger partial charge is 0.334 e. The van der Waals surface area contributed by atoms with Gasteiger partial charge in [0.1, 0.15) is 6.54 Å². The van der Waals surface area contributed by atoms with Gasteiger partial charge in [0.25, 0.3) is 10.1 Å². The van der Waals surface area contributed by atoms with Gasteiger partial charge in [0.2, 0.25) is 5.71 Å². The van der Waals surface area contributed by atoms with E-state index in [2.05, 4.69) is 0 Å². The molecule has 11 heteroatoms. The molecule has 0 saturated heterocycles. The summed E-state index contributed by atoms with van der Waals surface area (Å²) >= 11 is 6.72. The molecule has 4 aromatic rings. The molecule has 48 heavy (non-hydrogen) atoms. The Balaban J connectivity index is 1.60. The lowest BCUT2D eigenvalue weighted by Crippen LogP contribution is -2.34. The number of hydrogen-bond donors (Lipinski definition) is 2. The van der Waals surface area contributed by atoms with Crippen LogP contribution in [0.1, 0.15) is 46.8 Å². The van der Waals surface area contributed by atoms with Crippen molar-refractivity contribution in [1.29, 1.82) is 0 Å². The van der Waals surface area contributed by atoms with Crippen molar-refractivity contribution in [2.75, 3.05) is 18.0 Å². The number of allylic oxidation sites excluding steroid dienone is 5. The van der Waals surface area contributed by atoms with Gasteiger partial charge in [-0.1, -0.05) is 103 Å². The van der Waals surface area contributed by atoms with Crippen LogP contribution in [-0.4, -0.2) is 49.3 Å². The highest BCUT2D eigenvalue weighted by atomic mass is 35.5. The Labute approximate surface area is 287 Å². The van der Waals surface area contributed by atoms with Gasteiger partial charge in [-0.3, -0.25) is 9.11 Å². The van der Waals surface area contributed by atoms with E-state index in [0.717, 1.165) is 22.3 Å². The maximum Gasteiger partial charge on any atom is 0.334 e. The molecule has 8 nitrogen and oxygen atoms in total. The molecule has 0 fully saturated rings. The normalized spacial score (nSPS) is 14.4. The predicted molar refractivity (Wildman–Crippen MR) is 192 cm³/mol. The van der Waals surface area contributed by atoms with Crippen LogP contribution >= 0.6 is 11.6 Å². The molecule has 1 aliphatic rings. The Morgan fingerprint density at radius 2 is 1.25 bits per heavy atom. The number of anilines is 1. The summed E-state index contributed by atoms with van der Waals surface area (Å²) in [4.78, 5) is 1.62. The first kappa shape index (κ1) is 35.0. The van der Waals surface area contributed by atoms with Gasteiger partial charge >= 0.3 is 15.5 Å². The number of nitrogens with zero attached hydrogens (tertiary/aromatic N) is 2. The maximum atomic E-state index is 12.6. The first-order valence-corrected chi connectivity index (χ1v) is 18.7. The fraction of sp³-hybridized carbons (Fsp3) is 0.162. The molecular weight excluding hydrogens is 668 g/mol. The third-order valence-corrected chi connectivity index (χ3v) is 10.6. The molecule has 5 rings (SSSR count). The van der Waals surface area contributed by atoms with Crippen molar-refractivity contribution in [1.82, 2.24) is 0 Å². The number of rotatable bonds is 11. The molecule has 1 aliphatic carbocycles. The Kier molecular flexibility index (Phi) is 10.8. The first-order valence-electron chi connectivity index (χ1n) is 15.3. The van der Waals surface area contributed by atoms with E-state index < -0.39 is 31.0 Å². The quantitative estimate of drug-likeness (QED) is 0.121. The Morgan fingerprint density at radius 3 is 1.75 bits per heavy atom. The van der Waals surface area contributed by atoms with Crippen molar-refractivity contribution >= 4 is 48.8 Å². The highest BCUT2D eigenvalue weighted by Crippen LogP contribution is 2.37. The van der Waals surface area contributed by atoms with Crippen molar-refractivity contribution in [3.05, 3.63) is 166 Å². The molecule has 0 unspecified atom stereocenters. The van der Waals surface area contributed by atoms with Crippen LogP contribution < -0.4 is 4.90 Å². The molecule has 2 atom stereocenters. The average Bonchev–Trinajstić information content (AvgIpc) is 3.07. The number of benzene rings is 4. The molecule has 0 saturated carbocycles. The SMILES string of the molecule is CCN(c1ccc(C(=C2C=CC(=[N+](CC)[C@H](c3ccccc3)S(=O)(=O)O)C=C2)c2ccccc2Cl)cc1)[C@@H](c1ccccc1)S(=O)(=O)O. The first-order chi connectivity index (χ1) is 22.9. The van der Waals surface area contributed by atoms with E-state index >= 15 is 0 Å². The van der Waals surface area contributed by atoms with E-state index in [0.29, 0.717) is 40.6 Å². The summed E-state index contributed by atoms with van der Waals surface area (Å²) in [5.41, 5.74) is 5.23. The summed E-state index contributed by atoms with van der Waals surface area (Å²) in [6.45, 7) is 4.26. The van der Waals surface area contributed by atoms with Gasteiger partial charge in [-0.25, -0.2) is 4.58 Å². The van der Waals surface area contributed by atoms with Crippen molar-refractivity contribution in [2.24, 2.45) is 0 Å². The molecule has 248 valence electrons. The molecule has 0 spiro atoms. The van der Waals surface area contributed by atoms with E-state index in [9.17, 15) is 25.9 Å². The van der Waals surface area contributed by atoms with Crippen LogP contribution in [0.4, 0.5) is 5.69 Å². The molecule has 2 N–H and O–H groups in total. The van der Waals surface area contributed by atoms with Gasteiger partial charge in [-0.15, -0.1) is 0 Å². The van der Waals surface area contributed by atoms with Crippen LogP contribution in [0.3, 0.4) is 0 Å². The lowest BCUT2D eigenvalue weighted by atomic mass is 9.90. The van der Waals surface area contributed by atoms with E-state index in [1.54, 1.807) is 100 Å². The second-order valence-electron chi connectivity index (χ2n) is 11.1. The monoisotopic (exact) mass is 703 g/mol. The zero-order valence-electron chi connectivity index (χ0n) is 26.4. The molecule has 0 bridgehead atoms. The highest BCUT2D eigenvalue weighted by molar-refractivity contribution is 7.86. The molecule has 0 heterocycles. The van der Waals surface area contributed by atoms with Gasteiger partial charge < -0.3 is 4.90 Å². The van der Waals surface area contributed by atoms with Gasteiger partial charge in [0, 0.05) is 40.5 Å². The average molecular weight is 704 g/mol. The second-order valence-corrected chi connectivity index (χ2v) is 14.4. The molecule has 0 aliphatic heterocycles. The second kappa shape index (κ2) is 14.8. The van der Waals surface area contributed by atoms with Crippen LogP contribution in [0.2, 0.25) is 5.02 Å². The lowest BCUT2D eigenvalue weighted by Gasteiger charge is -2.31. The van der Waals surface area contributed by atoms with E-state index in [4.69, 9.17) is 11.6 Å². The molecule has 0 radical (unpaired) electrons. The van der Waals surface area contributed by atoms with Crippen LogP contribution in [0.5, 0.6) is 0 Å². The Bertz CT molecular complexity index is 2090. The lowest BCUT2D eigenvalue weighted by molar-refractivity contribution is -0.545. The zero-order chi connectivity index (χ0) is 34.5. The minimum atomic E-state index is -4.50. The van der Waals surface area contributed by atoms with Crippen molar-refractivity contribution in [2.45, 2.75) is 24.6 Å². The third-order valence-electron chi connectivity index (χ3n) is 8.10.